The summed E-state index contributed by atoms with van der Waals surface area (Å²) in [4.78, 5) is 63.5. The van der Waals surface area contributed by atoms with Crippen LogP contribution in [0.25, 0.3) is 45.0 Å². The van der Waals surface area contributed by atoms with Gasteiger partial charge >= 0.3 is 6.18 Å². The molecule has 0 atom stereocenters. The summed E-state index contributed by atoms with van der Waals surface area (Å²) in [6.07, 6.45) is 4.38. The molecular formula is C70H93ClF3N21O12S4. The molecular weight excluding hydrogens is 1550 g/mol. The van der Waals surface area contributed by atoms with E-state index in [0.29, 0.717) is 185 Å². The number of nitrogens with two attached hydrogens (primary N) is 4. The van der Waals surface area contributed by atoms with Crippen molar-refractivity contribution in [1.29, 1.82) is 0 Å². The van der Waals surface area contributed by atoms with Gasteiger partial charge in [-0.15, -0.1) is 0 Å². The molecule has 602 valence electrons. The molecule has 4 aliphatic heterocycles. The molecule has 12 heterocycles. The summed E-state index contributed by atoms with van der Waals surface area (Å²) < 4.78 is 157. The molecule has 0 aliphatic carbocycles. The van der Waals surface area contributed by atoms with Crippen molar-refractivity contribution in [3.63, 3.8) is 0 Å². The minimum Gasteiger partial charge on any atom is -0.384 e. The summed E-state index contributed by atoms with van der Waals surface area (Å²) in [5, 5.41) is 0.386. The van der Waals surface area contributed by atoms with Gasteiger partial charge in [0.25, 0.3) is 0 Å². The fraction of sp³-hybridized carbons (Fsp3) is 0.500. The number of hydrogen-bond donors (Lipinski definition) is 4. The number of anilines is 8. The Bertz CT molecular complexity index is 5150. The van der Waals surface area contributed by atoms with Crippen LogP contribution in [0, 0.1) is 6.92 Å². The molecule has 8 aromatic rings. The minimum atomic E-state index is -4.82. The van der Waals surface area contributed by atoms with Crippen molar-refractivity contribution in [3.05, 3.63) is 112 Å². The van der Waals surface area contributed by atoms with Crippen LogP contribution in [-0.4, -0.2) is 228 Å². The van der Waals surface area contributed by atoms with Crippen molar-refractivity contribution in [2.24, 2.45) is 0 Å². The standard InChI is InChI=1S/C19H27N5O3S.C17H22ClN5O3S.C17H21F3N6O3S.C17H23N5O3S/c1-5-28(25,26)19(3,4)16-11-15(14-12-21-17(20)10-13(14)2)22-18(23-16)24-6-8-27-9-7-24;1-17(2,27(3,24)25)14-9-13(11-10-20-15(19)8-12(11)18)21-16(22-14)23-4-6-26-7-5-23;1-16(2,30(3,27)28)12-8-11(23-15(24-12)26-4-6-29-7-5-26)10-9-22-14(21)25-13(10)17(18,19)20;1-17(2,26(3,23)24)14-10-13(12-4-5-15(18)19-11-12)20-16(21-14)22-6-8-25-9-7-22/h10-12H,5-9H2,1-4H3,(H2,20,21);8-10H,4-7H2,1-3H3,(H2,19,20);8-9H,4-7H2,1-3H3,(H2,21,22,25);4-5,10-11H,6-9H2,1-3H3,(H2,18,19). The lowest BCUT2D eigenvalue weighted by Gasteiger charge is -2.30. The summed E-state index contributed by atoms with van der Waals surface area (Å²) in [6, 6.07) is 13.1. The smallest absolute Gasteiger partial charge is 0.384 e. The van der Waals surface area contributed by atoms with Gasteiger partial charge in [0.15, 0.2) is 45.0 Å². The Balaban J connectivity index is 0.000000170. The van der Waals surface area contributed by atoms with Gasteiger partial charge in [-0.25, -0.2) is 98.5 Å². The Labute approximate surface area is 649 Å². The van der Waals surface area contributed by atoms with Crippen molar-refractivity contribution in [2.45, 2.75) is 94.4 Å². The zero-order valence-electron chi connectivity index (χ0n) is 63.9. The van der Waals surface area contributed by atoms with Gasteiger partial charge in [0.05, 0.1) is 103 Å². The molecule has 0 aromatic carbocycles. The Hall–Kier alpha value is -9.03. The lowest BCUT2D eigenvalue weighted by atomic mass is 10.0. The maximum absolute atomic E-state index is 13.6. The maximum Gasteiger partial charge on any atom is 0.434 e. The predicted molar refractivity (Wildman–Crippen MR) is 419 cm³/mol. The van der Waals surface area contributed by atoms with E-state index in [1.165, 1.54) is 44.7 Å². The molecule has 4 fully saturated rings. The summed E-state index contributed by atoms with van der Waals surface area (Å²) in [5.74, 6) is 2.18. The monoisotopic (exact) mass is 1640 g/mol. The van der Waals surface area contributed by atoms with Crippen LogP contribution in [-0.2, 0) is 83.5 Å². The summed E-state index contributed by atoms with van der Waals surface area (Å²) in [7, 11) is -13.8. The third-order valence-corrected chi connectivity index (χ3v) is 28.5. The highest BCUT2D eigenvalue weighted by Crippen LogP contribution is 2.41. The molecule has 41 heteroatoms. The SMILES string of the molecule is CC(C)(c1cc(-c2ccc(N)nc2)nc(N2CCOCC2)n1)S(C)(=O)=O.CC(C)(c1cc(-c2cnc(N)cc2Cl)nc(N2CCOCC2)n1)S(C)(=O)=O.CC(C)(c1cc(-c2cnc(N)nc2C(F)(F)F)nc(N2CCOCC2)n1)S(C)(=O)=O.CCS(=O)(=O)C(C)(C)c1cc(-c2cnc(N)cc2C)nc(N2CCOCC2)n1. The maximum atomic E-state index is 13.6. The van der Waals surface area contributed by atoms with Gasteiger partial charge in [0, 0.05) is 124 Å². The highest BCUT2D eigenvalue weighted by Gasteiger charge is 2.42. The number of hydrogen-bond acceptors (Lipinski definition) is 33. The first kappa shape index (κ1) is 86.0. The number of alkyl halides is 3. The van der Waals surface area contributed by atoms with Crippen molar-refractivity contribution in [1.82, 2.24) is 64.8 Å². The number of ether oxygens (including phenoxy) is 4. The predicted octanol–water partition coefficient (Wildman–Crippen LogP) is 6.71. The lowest BCUT2D eigenvalue weighted by molar-refractivity contribution is -0.140. The van der Waals surface area contributed by atoms with E-state index in [9.17, 15) is 46.8 Å². The average molecular weight is 1640 g/mol. The van der Waals surface area contributed by atoms with Gasteiger partial charge in [-0.05, 0) is 116 Å². The molecule has 0 saturated carbocycles. The van der Waals surface area contributed by atoms with Crippen LogP contribution in [0.1, 0.15) is 96.3 Å². The Kier molecular flexibility index (Phi) is 26.4. The zero-order chi connectivity index (χ0) is 81.6. The number of rotatable bonds is 17. The lowest BCUT2D eigenvalue weighted by Crippen LogP contribution is -2.38. The number of aromatic nitrogens is 13. The first-order valence-corrected chi connectivity index (χ1v) is 42.7. The Morgan fingerprint density at radius 2 is 0.739 bits per heavy atom. The molecule has 0 unspecified atom stereocenters. The van der Waals surface area contributed by atoms with Crippen molar-refractivity contribution in [2.75, 3.05) is 172 Å². The first-order chi connectivity index (χ1) is 51.7. The molecule has 33 nitrogen and oxygen atoms in total. The van der Waals surface area contributed by atoms with Gasteiger partial charge in [-0.3, -0.25) is 0 Å². The average Bonchev–Trinajstić information content (AvgIpc) is 0.781. The van der Waals surface area contributed by atoms with Gasteiger partial charge in [0.2, 0.25) is 29.7 Å². The molecule has 8 N–H and O–H groups in total. The van der Waals surface area contributed by atoms with Crippen molar-refractivity contribution in [3.8, 4) is 45.0 Å². The fourth-order valence-electron chi connectivity index (χ4n) is 11.1. The third-order valence-electron chi connectivity index (χ3n) is 19.4. The Morgan fingerprint density at radius 3 is 1.08 bits per heavy atom. The quantitative estimate of drug-likeness (QED) is 0.0735. The van der Waals surface area contributed by atoms with E-state index >= 15 is 0 Å². The second-order valence-corrected chi connectivity index (χ2v) is 39.3. The van der Waals surface area contributed by atoms with Gasteiger partial charge in [-0.2, -0.15) is 13.2 Å². The van der Waals surface area contributed by atoms with E-state index in [0.717, 1.165) is 29.1 Å². The van der Waals surface area contributed by atoms with Crippen LogP contribution < -0.4 is 42.5 Å². The highest BCUT2D eigenvalue weighted by atomic mass is 35.5. The number of morpholine rings is 4. The Morgan fingerprint density at radius 1 is 0.414 bits per heavy atom. The van der Waals surface area contributed by atoms with Crippen LogP contribution in [0.15, 0.2) is 73.3 Å². The summed E-state index contributed by atoms with van der Waals surface area (Å²) in [6.45, 7) is 25.3. The molecule has 0 spiro atoms. The highest BCUT2D eigenvalue weighted by molar-refractivity contribution is 7.92. The molecule has 0 amide bonds. The van der Waals surface area contributed by atoms with Crippen LogP contribution in [0.5, 0.6) is 0 Å². The topological polar surface area (TPSA) is 458 Å². The van der Waals surface area contributed by atoms with Crippen molar-refractivity contribution >= 4 is 98.1 Å². The van der Waals surface area contributed by atoms with Crippen LogP contribution >= 0.6 is 11.6 Å². The molecule has 4 saturated heterocycles. The van der Waals surface area contributed by atoms with Gasteiger partial charge < -0.3 is 61.5 Å². The van der Waals surface area contributed by atoms with Crippen LogP contribution in [0.2, 0.25) is 5.02 Å². The summed E-state index contributed by atoms with van der Waals surface area (Å²) in [5.41, 5.74) is 26.8. The number of nitrogen functional groups attached to an aromatic ring is 4. The molecule has 4 aliphatic rings. The van der Waals surface area contributed by atoms with E-state index in [-0.39, 0.29) is 23.1 Å². The summed E-state index contributed by atoms with van der Waals surface area (Å²) >= 11 is 6.33. The number of sulfone groups is 4. The van der Waals surface area contributed by atoms with Gasteiger partial charge in [0.1, 0.15) is 36.4 Å². The number of nitrogens with zero attached hydrogens (tertiary/aromatic N) is 17. The first-order valence-electron chi connectivity index (χ1n) is 35.0. The molecule has 0 radical (unpaired) electrons. The van der Waals surface area contributed by atoms with Gasteiger partial charge in [-0.1, -0.05) is 18.5 Å². The van der Waals surface area contributed by atoms with Crippen LogP contribution in [0.3, 0.4) is 0 Å². The fourth-order valence-corrected chi connectivity index (χ4v) is 13.9. The van der Waals surface area contributed by atoms with E-state index in [1.54, 1.807) is 96.1 Å². The van der Waals surface area contributed by atoms with Crippen molar-refractivity contribution < 1.29 is 65.8 Å². The largest absolute Gasteiger partial charge is 0.434 e. The van der Waals surface area contributed by atoms with E-state index in [2.05, 4.69) is 59.8 Å². The minimum absolute atomic E-state index is 0.0364. The molecule has 8 aromatic heterocycles. The number of halogens is 4. The molecule has 0 bridgehead atoms. The van der Waals surface area contributed by atoms with E-state index in [4.69, 9.17) is 58.5 Å². The molecule has 111 heavy (non-hydrogen) atoms. The molecule has 12 rings (SSSR count). The second kappa shape index (κ2) is 34.1. The van der Waals surface area contributed by atoms with E-state index < -0.39 is 81.7 Å². The zero-order valence-corrected chi connectivity index (χ0v) is 67.9. The number of pyridine rings is 3. The third kappa shape index (κ3) is 20.3. The second-order valence-electron chi connectivity index (χ2n) is 28.4. The normalized spacial score (nSPS) is 15.8. The van der Waals surface area contributed by atoms with E-state index in [1.807, 2.05) is 27.7 Å². The number of aryl methyl sites for hydroxylation is 1. The van der Waals surface area contributed by atoms with Crippen LogP contribution in [0.4, 0.5) is 60.4 Å².